The molecule has 0 saturated carbocycles. The van der Waals surface area contributed by atoms with E-state index in [2.05, 4.69) is 9.88 Å². The summed E-state index contributed by atoms with van der Waals surface area (Å²) < 4.78 is 10.7. The molecule has 0 atom stereocenters. The second kappa shape index (κ2) is 7.68. The first-order valence-corrected chi connectivity index (χ1v) is 7.97. The average molecular weight is 327 g/mol. The second-order valence-electron chi connectivity index (χ2n) is 5.52. The van der Waals surface area contributed by atoms with Gasteiger partial charge in [0.25, 0.3) is 5.91 Å². The Labute approximate surface area is 141 Å². The van der Waals surface area contributed by atoms with Crippen molar-refractivity contribution in [2.24, 2.45) is 0 Å². The zero-order valence-corrected chi connectivity index (χ0v) is 13.7. The number of ether oxygens (including phenoxy) is 2. The van der Waals surface area contributed by atoms with Gasteiger partial charge in [0.2, 0.25) is 0 Å². The highest BCUT2D eigenvalue weighted by Gasteiger charge is 2.22. The van der Waals surface area contributed by atoms with Crippen molar-refractivity contribution in [1.29, 1.82) is 0 Å². The van der Waals surface area contributed by atoms with Crippen LogP contribution in [0.2, 0.25) is 0 Å². The molecule has 0 N–H and O–H groups in total. The summed E-state index contributed by atoms with van der Waals surface area (Å²) in [7, 11) is 1.60. The van der Waals surface area contributed by atoms with E-state index in [1.165, 1.54) is 0 Å². The minimum atomic E-state index is -0.00140. The van der Waals surface area contributed by atoms with Crippen LogP contribution in [0.25, 0.3) is 0 Å². The van der Waals surface area contributed by atoms with Crippen molar-refractivity contribution >= 4 is 11.7 Å². The first-order valence-electron chi connectivity index (χ1n) is 7.97. The summed E-state index contributed by atoms with van der Waals surface area (Å²) in [6.07, 6.45) is 1.79. The van der Waals surface area contributed by atoms with Crippen LogP contribution >= 0.6 is 0 Å². The molecule has 0 bridgehead atoms. The number of nitrogens with zero attached hydrogens (tertiary/aromatic N) is 3. The summed E-state index contributed by atoms with van der Waals surface area (Å²) in [6.45, 7) is 2.95. The number of rotatable bonds is 5. The molecule has 2 aromatic rings. The van der Waals surface area contributed by atoms with Gasteiger partial charge in [-0.15, -0.1) is 0 Å². The normalized spacial score (nSPS) is 14.4. The molecule has 1 aromatic heterocycles. The van der Waals surface area contributed by atoms with Crippen LogP contribution in [0.1, 0.15) is 0 Å². The number of hydrogen-bond donors (Lipinski definition) is 0. The number of hydrogen-bond acceptors (Lipinski definition) is 5. The highest BCUT2D eigenvalue weighted by atomic mass is 16.5. The number of pyridine rings is 1. The summed E-state index contributed by atoms with van der Waals surface area (Å²) >= 11 is 0. The van der Waals surface area contributed by atoms with Crippen molar-refractivity contribution in [3.8, 4) is 11.5 Å². The van der Waals surface area contributed by atoms with Crippen molar-refractivity contribution < 1.29 is 14.3 Å². The van der Waals surface area contributed by atoms with Crippen LogP contribution in [0.4, 0.5) is 5.82 Å². The Hall–Kier alpha value is -2.76. The Morgan fingerprint density at radius 2 is 1.88 bits per heavy atom. The highest BCUT2D eigenvalue weighted by molar-refractivity contribution is 5.78. The molecule has 1 amide bonds. The molecule has 6 nitrogen and oxygen atoms in total. The number of carbonyl (C=O) groups excluding carboxylic acids is 1. The molecule has 6 heteroatoms. The molecule has 0 radical (unpaired) electrons. The number of carbonyl (C=O) groups is 1. The van der Waals surface area contributed by atoms with Gasteiger partial charge in [-0.1, -0.05) is 12.1 Å². The zero-order valence-electron chi connectivity index (χ0n) is 13.7. The van der Waals surface area contributed by atoms with Crippen molar-refractivity contribution in [3.05, 3.63) is 48.7 Å². The maximum Gasteiger partial charge on any atom is 0.260 e. The first kappa shape index (κ1) is 16.1. The van der Waals surface area contributed by atoms with Gasteiger partial charge in [-0.05, 0) is 24.3 Å². The summed E-state index contributed by atoms with van der Waals surface area (Å²) in [6, 6.07) is 13.1. The molecular weight excluding hydrogens is 306 g/mol. The molecule has 126 valence electrons. The highest BCUT2D eigenvalue weighted by Crippen LogP contribution is 2.19. The Morgan fingerprint density at radius 3 is 2.58 bits per heavy atom. The average Bonchev–Trinajstić information content (AvgIpc) is 2.67. The monoisotopic (exact) mass is 327 g/mol. The molecule has 1 fully saturated rings. The van der Waals surface area contributed by atoms with Crippen molar-refractivity contribution in [2.45, 2.75) is 0 Å². The van der Waals surface area contributed by atoms with Gasteiger partial charge in [0, 0.05) is 38.4 Å². The molecule has 0 aliphatic carbocycles. The van der Waals surface area contributed by atoms with E-state index in [1.54, 1.807) is 19.4 Å². The third kappa shape index (κ3) is 3.95. The van der Waals surface area contributed by atoms with Crippen LogP contribution < -0.4 is 14.4 Å². The molecule has 1 aromatic carbocycles. The van der Waals surface area contributed by atoms with Gasteiger partial charge >= 0.3 is 0 Å². The van der Waals surface area contributed by atoms with Gasteiger partial charge in [-0.2, -0.15) is 0 Å². The molecule has 3 rings (SSSR count). The molecule has 1 saturated heterocycles. The van der Waals surface area contributed by atoms with Gasteiger partial charge in [0.05, 0.1) is 7.11 Å². The fourth-order valence-corrected chi connectivity index (χ4v) is 2.65. The second-order valence-corrected chi connectivity index (χ2v) is 5.52. The maximum atomic E-state index is 12.3. The lowest BCUT2D eigenvalue weighted by atomic mass is 10.3. The standard InChI is InChI=1S/C18H21N3O3/c1-23-15-5-4-6-16(13-15)24-14-18(22)21-11-9-20(10-12-21)17-7-2-3-8-19-17/h2-8,13H,9-12,14H2,1H3. The minimum absolute atomic E-state index is 0.00140. The van der Waals surface area contributed by atoms with Gasteiger partial charge < -0.3 is 19.3 Å². The third-order valence-electron chi connectivity index (χ3n) is 4.01. The van der Waals surface area contributed by atoms with Gasteiger partial charge in [0.15, 0.2) is 6.61 Å². The fraction of sp³-hybridized carbons (Fsp3) is 0.333. The summed E-state index contributed by atoms with van der Waals surface area (Å²) in [5.41, 5.74) is 0. The molecule has 0 spiro atoms. The van der Waals surface area contributed by atoms with E-state index in [0.717, 1.165) is 18.9 Å². The molecule has 2 heterocycles. The smallest absolute Gasteiger partial charge is 0.260 e. The summed E-state index contributed by atoms with van der Waals surface area (Å²) in [4.78, 5) is 20.7. The quantitative estimate of drug-likeness (QED) is 0.838. The number of piperazine rings is 1. The fourth-order valence-electron chi connectivity index (χ4n) is 2.65. The topological polar surface area (TPSA) is 54.9 Å². The van der Waals surface area contributed by atoms with Gasteiger partial charge in [-0.3, -0.25) is 4.79 Å². The van der Waals surface area contributed by atoms with Crippen molar-refractivity contribution in [3.63, 3.8) is 0 Å². The van der Waals surface area contributed by atoms with E-state index in [0.29, 0.717) is 24.6 Å². The Bertz CT molecular complexity index is 670. The summed E-state index contributed by atoms with van der Waals surface area (Å²) in [5.74, 6) is 2.30. The SMILES string of the molecule is COc1cccc(OCC(=O)N2CCN(c3ccccn3)CC2)c1. The number of aromatic nitrogens is 1. The van der Waals surface area contributed by atoms with Gasteiger partial charge in [-0.25, -0.2) is 4.98 Å². The van der Waals surface area contributed by atoms with Gasteiger partial charge in [0.1, 0.15) is 17.3 Å². The zero-order chi connectivity index (χ0) is 16.8. The van der Waals surface area contributed by atoms with E-state index in [4.69, 9.17) is 9.47 Å². The maximum absolute atomic E-state index is 12.3. The predicted molar refractivity (Wildman–Crippen MR) is 91.5 cm³/mol. The molecule has 24 heavy (non-hydrogen) atoms. The molecule has 1 aliphatic heterocycles. The first-order chi connectivity index (χ1) is 11.8. The van der Waals surface area contributed by atoms with Crippen LogP contribution in [-0.2, 0) is 4.79 Å². The Balaban J connectivity index is 1.48. The number of methoxy groups -OCH3 is 1. The summed E-state index contributed by atoms with van der Waals surface area (Å²) in [5, 5.41) is 0. The van der Waals surface area contributed by atoms with Crippen molar-refractivity contribution in [1.82, 2.24) is 9.88 Å². The van der Waals surface area contributed by atoms with Crippen LogP contribution in [-0.4, -0.2) is 55.7 Å². The van der Waals surface area contributed by atoms with Crippen LogP contribution in [0.3, 0.4) is 0 Å². The third-order valence-corrected chi connectivity index (χ3v) is 4.01. The van der Waals surface area contributed by atoms with Crippen LogP contribution in [0, 0.1) is 0 Å². The minimum Gasteiger partial charge on any atom is -0.497 e. The lowest BCUT2D eigenvalue weighted by molar-refractivity contribution is -0.133. The van der Waals surface area contributed by atoms with E-state index in [1.807, 2.05) is 41.3 Å². The van der Waals surface area contributed by atoms with E-state index >= 15 is 0 Å². The predicted octanol–water partition coefficient (Wildman–Crippen LogP) is 1.82. The van der Waals surface area contributed by atoms with Crippen LogP contribution in [0.15, 0.2) is 48.7 Å². The van der Waals surface area contributed by atoms with E-state index in [-0.39, 0.29) is 12.5 Å². The van der Waals surface area contributed by atoms with E-state index < -0.39 is 0 Å². The lowest BCUT2D eigenvalue weighted by Gasteiger charge is -2.35. The van der Waals surface area contributed by atoms with Crippen molar-refractivity contribution in [2.75, 3.05) is 44.8 Å². The number of benzene rings is 1. The van der Waals surface area contributed by atoms with Crippen LogP contribution in [0.5, 0.6) is 11.5 Å². The Morgan fingerprint density at radius 1 is 1.08 bits per heavy atom. The lowest BCUT2D eigenvalue weighted by Crippen LogP contribution is -2.50. The number of amides is 1. The molecule has 0 unspecified atom stereocenters. The Kier molecular flexibility index (Phi) is 5.15. The molecular formula is C18H21N3O3. The molecule has 1 aliphatic rings. The van der Waals surface area contributed by atoms with E-state index in [9.17, 15) is 4.79 Å². The number of anilines is 1. The largest absolute Gasteiger partial charge is 0.497 e.